The van der Waals surface area contributed by atoms with Crippen molar-refractivity contribution in [2.75, 3.05) is 86.0 Å². The molecule has 0 aromatic rings. The number of nitrogens with zero attached hydrogens (tertiary/aromatic N) is 3. The molecule has 3 heterocycles. The Labute approximate surface area is 231 Å². The van der Waals surface area contributed by atoms with E-state index in [2.05, 4.69) is 35.5 Å². The smallest absolute Gasteiger partial charge is 0.0614 e. The summed E-state index contributed by atoms with van der Waals surface area (Å²) in [6, 6.07) is 0.901. The molecule has 7 atom stereocenters. The highest BCUT2D eigenvalue weighted by Gasteiger charge is 2.32. The zero-order valence-electron chi connectivity index (χ0n) is 24.5. The number of piperidine rings is 3. The first-order valence-corrected chi connectivity index (χ1v) is 15.2. The summed E-state index contributed by atoms with van der Waals surface area (Å²) in [6.07, 6.45) is 3.52. The SMILES string of the molecule is COCC1CN(CCCOC[C@@H]2CN(C(C)CCOC[C@H]3CN(C(C)C)CC[C@@H]3O)CC[C@@H]2O)CCC1O. The number of hydrogen-bond acceptors (Lipinski definition) is 9. The van der Waals surface area contributed by atoms with E-state index in [1.807, 2.05) is 0 Å². The van der Waals surface area contributed by atoms with E-state index in [0.717, 1.165) is 77.9 Å². The van der Waals surface area contributed by atoms with Gasteiger partial charge in [-0.1, -0.05) is 0 Å². The molecule has 9 nitrogen and oxygen atoms in total. The first-order chi connectivity index (χ1) is 18.3. The van der Waals surface area contributed by atoms with Gasteiger partial charge >= 0.3 is 0 Å². The largest absolute Gasteiger partial charge is 0.393 e. The fourth-order valence-electron chi connectivity index (χ4n) is 6.27. The average molecular weight is 544 g/mol. The third-order valence-electron chi connectivity index (χ3n) is 9.07. The molecule has 3 fully saturated rings. The molecular weight excluding hydrogens is 486 g/mol. The fraction of sp³-hybridized carbons (Fsp3) is 1.00. The summed E-state index contributed by atoms with van der Waals surface area (Å²) in [5, 5.41) is 31.1. The van der Waals surface area contributed by atoms with Crippen molar-refractivity contribution in [3.8, 4) is 0 Å². The molecule has 3 rings (SSSR count). The van der Waals surface area contributed by atoms with Gasteiger partial charge < -0.3 is 44.2 Å². The minimum atomic E-state index is -0.301. The average Bonchev–Trinajstić information content (AvgIpc) is 2.90. The first kappa shape index (κ1) is 32.2. The topological polar surface area (TPSA) is 98.1 Å². The molecule has 0 spiro atoms. The number of methoxy groups -OCH3 is 1. The summed E-state index contributed by atoms with van der Waals surface area (Å²) >= 11 is 0. The number of hydrogen-bond donors (Lipinski definition) is 3. The zero-order valence-corrected chi connectivity index (χ0v) is 24.5. The first-order valence-electron chi connectivity index (χ1n) is 15.2. The van der Waals surface area contributed by atoms with Crippen molar-refractivity contribution in [2.24, 2.45) is 17.8 Å². The molecule has 0 aromatic heterocycles. The lowest BCUT2D eigenvalue weighted by atomic mass is 9.94. The van der Waals surface area contributed by atoms with E-state index in [9.17, 15) is 15.3 Å². The molecule has 224 valence electrons. The monoisotopic (exact) mass is 543 g/mol. The van der Waals surface area contributed by atoms with E-state index in [4.69, 9.17) is 14.2 Å². The van der Waals surface area contributed by atoms with E-state index in [0.29, 0.717) is 45.1 Å². The van der Waals surface area contributed by atoms with Crippen molar-refractivity contribution in [2.45, 2.75) is 83.3 Å². The summed E-state index contributed by atoms with van der Waals surface area (Å²) in [5.74, 6) is 0.531. The Kier molecular flexibility index (Phi) is 14.2. The van der Waals surface area contributed by atoms with Crippen LogP contribution in [0, 0.1) is 17.8 Å². The summed E-state index contributed by atoms with van der Waals surface area (Å²) in [4.78, 5) is 7.30. The second kappa shape index (κ2) is 16.8. The lowest BCUT2D eigenvalue weighted by molar-refractivity contribution is -0.0434. The van der Waals surface area contributed by atoms with Gasteiger partial charge in [-0.05, 0) is 52.9 Å². The van der Waals surface area contributed by atoms with Crippen LogP contribution >= 0.6 is 0 Å². The van der Waals surface area contributed by atoms with Crippen LogP contribution in [0.1, 0.15) is 52.9 Å². The summed E-state index contributed by atoms with van der Waals surface area (Å²) in [6.45, 7) is 16.3. The molecule has 0 amide bonds. The highest BCUT2D eigenvalue weighted by atomic mass is 16.5. The maximum absolute atomic E-state index is 10.6. The van der Waals surface area contributed by atoms with Crippen molar-refractivity contribution >= 4 is 0 Å². The standard InChI is InChI=1S/C29H57N3O6/c1-22(2)31-12-7-28(34)25(17-31)21-38-15-9-23(3)32-13-8-29(35)26(18-32)20-37-14-5-10-30-11-6-27(33)24(16-30)19-36-4/h22-29,33-35H,5-21H2,1-4H3/t23?,24?,25-,26+,27?,28+,29+/m1/s1. The van der Waals surface area contributed by atoms with Crippen molar-refractivity contribution in [1.29, 1.82) is 0 Å². The molecule has 3 saturated heterocycles. The Hall–Kier alpha value is -0.360. The van der Waals surface area contributed by atoms with Crippen LogP contribution in [0.15, 0.2) is 0 Å². The van der Waals surface area contributed by atoms with E-state index in [1.165, 1.54) is 0 Å². The zero-order chi connectivity index (χ0) is 27.5. The van der Waals surface area contributed by atoms with E-state index in [-0.39, 0.29) is 36.1 Å². The number of aliphatic hydroxyl groups is 3. The predicted octanol–water partition coefficient (Wildman–Crippen LogP) is 1.29. The molecule has 9 heteroatoms. The van der Waals surface area contributed by atoms with Crippen LogP contribution in [-0.4, -0.2) is 146 Å². The minimum Gasteiger partial charge on any atom is -0.393 e. The quantitative estimate of drug-likeness (QED) is 0.264. The molecule has 0 radical (unpaired) electrons. The van der Waals surface area contributed by atoms with Crippen molar-refractivity contribution in [3.05, 3.63) is 0 Å². The van der Waals surface area contributed by atoms with Crippen LogP contribution < -0.4 is 0 Å². The maximum Gasteiger partial charge on any atom is 0.0614 e. The van der Waals surface area contributed by atoms with Gasteiger partial charge in [-0.2, -0.15) is 0 Å². The second-order valence-corrected chi connectivity index (χ2v) is 12.3. The summed E-state index contributed by atoms with van der Waals surface area (Å²) in [5.41, 5.74) is 0. The molecule has 0 bridgehead atoms. The number of likely N-dealkylation sites (tertiary alicyclic amines) is 3. The van der Waals surface area contributed by atoms with Gasteiger partial charge in [0.1, 0.15) is 0 Å². The molecule has 0 saturated carbocycles. The van der Waals surface area contributed by atoms with Crippen LogP contribution in [0.4, 0.5) is 0 Å². The van der Waals surface area contributed by atoms with Crippen molar-refractivity contribution in [3.63, 3.8) is 0 Å². The van der Waals surface area contributed by atoms with Crippen LogP contribution in [-0.2, 0) is 14.2 Å². The van der Waals surface area contributed by atoms with Gasteiger partial charge in [0, 0.05) is 96.0 Å². The van der Waals surface area contributed by atoms with Gasteiger partial charge in [0.25, 0.3) is 0 Å². The van der Waals surface area contributed by atoms with Gasteiger partial charge in [-0.3, -0.25) is 0 Å². The highest BCUT2D eigenvalue weighted by Crippen LogP contribution is 2.23. The maximum atomic E-state index is 10.6. The molecule has 3 aliphatic rings. The number of aliphatic hydroxyl groups excluding tert-OH is 3. The Balaban J connectivity index is 1.28. The molecule has 0 aromatic carbocycles. The number of rotatable bonds is 15. The lowest BCUT2D eigenvalue weighted by Gasteiger charge is -2.40. The lowest BCUT2D eigenvalue weighted by Crippen LogP contribution is -2.49. The number of ether oxygens (including phenoxy) is 3. The predicted molar refractivity (Wildman–Crippen MR) is 149 cm³/mol. The van der Waals surface area contributed by atoms with Crippen LogP contribution in [0.3, 0.4) is 0 Å². The van der Waals surface area contributed by atoms with Gasteiger partial charge in [0.2, 0.25) is 0 Å². The van der Waals surface area contributed by atoms with E-state index < -0.39 is 0 Å². The Morgan fingerprint density at radius 1 is 0.711 bits per heavy atom. The second-order valence-electron chi connectivity index (χ2n) is 12.3. The highest BCUT2D eigenvalue weighted by molar-refractivity contribution is 4.84. The van der Waals surface area contributed by atoms with Gasteiger partial charge in [0.15, 0.2) is 0 Å². The fourth-order valence-corrected chi connectivity index (χ4v) is 6.27. The third kappa shape index (κ3) is 10.2. The molecule has 3 N–H and O–H groups in total. The van der Waals surface area contributed by atoms with E-state index in [1.54, 1.807) is 7.11 Å². The van der Waals surface area contributed by atoms with Crippen molar-refractivity contribution < 1.29 is 29.5 Å². The molecule has 0 aliphatic carbocycles. The van der Waals surface area contributed by atoms with Crippen LogP contribution in [0.25, 0.3) is 0 Å². The Morgan fingerprint density at radius 2 is 1.26 bits per heavy atom. The minimum absolute atomic E-state index is 0.141. The summed E-state index contributed by atoms with van der Waals surface area (Å²) < 4.78 is 17.3. The van der Waals surface area contributed by atoms with Gasteiger partial charge in [-0.15, -0.1) is 0 Å². The Bertz CT molecular complexity index is 643. The van der Waals surface area contributed by atoms with Gasteiger partial charge in [-0.25, -0.2) is 0 Å². The van der Waals surface area contributed by atoms with Gasteiger partial charge in [0.05, 0.1) is 38.1 Å². The molecule has 3 unspecified atom stereocenters. The van der Waals surface area contributed by atoms with Crippen LogP contribution in [0.5, 0.6) is 0 Å². The van der Waals surface area contributed by atoms with Crippen LogP contribution in [0.2, 0.25) is 0 Å². The summed E-state index contributed by atoms with van der Waals surface area (Å²) in [7, 11) is 1.69. The molecule has 38 heavy (non-hydrogen) atoms. The van der Waals surface area contributed by atoms with Crippen molar-refractivity contribution in [1.82, 2.24) is 14.7 Å². The normalized spacial score (nSPS) is 33.2. The molecular formula is C29H57N3O6. The Morgan fingerprint density at radius 3 is 1.89 bits per heavy atom. The third-order valence-corrected chi connectivity index (χ3v) is 9.07. The molecule has 3 aliphatic heterocycles. The van der Waals surface area contributed by atoms with E-state index >= 15 is 0 Å².